The van der Waals surface area contributed by atoms with Gasteiger partial charge in [-0.05, 0) is 18.6 Å². The number of rotatable bonds is 4. The molecule has 18 heavy (non-hydrogen) atoms. The first-order chi connectivity index (χ1) is 8.67. The maximum atomic E-state index is 5.86. The standard InChI is InChI=1S/C12H13ClN4O/c1-8-16-10(13)6-11(17-8)15-7-9-3-4-14-12(5-9)18-2/h3-6H,7H2,1-2H3,(H,15,16,17). The van der Waals surface area contributed by atoms with Crippen molar-refractivity contribution in [1.82, 2.24) is 15.0 Å². The second-order valence-electron chi connectivity index (χ2n) is 3.68. The summed E-state index contributed by atoms with van der Waals surface area (Å²) in [6.07, 6.45) is 1.70. The van der Waals surface area contributed by atoms with E-state index < -0.39 is 0 Å². The number of methoxy groups -OCH3 is 1. The van der Waals surface area contributed by atoms with Crippen LogP contribution in [0.25, 0.3) is 0 Å². The zero-order valence-corrected chi connectivity index (χ0v) is 10.9. The van der Waals surface area contributed by atoms with Gasteiger partial charge in [-0.15, -0.1) is 0 Å². The monoisotopic (exact) mass is 264 g/mol. The van der Waals surface area contributed by atoms with Crippen LogP contribution in [-0.4, -0.2) is 22.1 Å². The van der Waals surface area contributed by atoms with Crippen LogP contribution in [0.4, 0.5) is 5.82 Å². The van der Waals surface area contributed by atoms with Gasteiger partial charge in [-0.2, -0.15) is 0 Å². The number of hydrogen-bond acceptors (Lipinski definition) is 5. The molecule has 0 saturated heterocycles. The van der Waals surface area contributed by atoms with Gasteiger partial charge in [0, 0.05) is 24.9 Å². The highest BCUT2D eigenvalue weighted by atomic mass is 35.5. The second-order valence-corrected chi connectivity index (χ2v) is 4.07. The van der Waals surface area contributed by atoms with Crippen LogP contribution in [0.1, 0.15) is 11.4 Å². The van der Waals surface area contributed by atoms with Gasteiger partial charge in [0.25, 0.3) is 0 Å². The number of nitrogens with one attached hydrogen (secondary N) is 1. The molecule has 0 fully saturated rings. The molecule has 6 heteroatoms. The third kappa shape index (κ3) is 3.30. The molecule has 0 spiro atoms. The van der Waals surface area contributed by atoms with Crippen LogP contribution in [0.2, 0.25) is 5.15 Å². The fraction of sp³-hybridized carbons (Fsp3) is 0.250. The summed E-state index contributed by atoms with van der Waals surface area (Å²) < 4.78 is 5.06. The van der Waals surface area contributed by atoms with Crippen molar-refractivity contribution in [1.29, 1.82) is 0 Å². The molecular weight excluding hydrogens is 252 g/mol. The third-order valence-electron chi connectivity index (χ3n) is 2.29. The van der Waals surface area contributed by atoms with Gasteiger partial charge >= 0.3 is 0 Å². The Morgan fingerprint density at radius 3 is 2.89 bits per heavy atom. The lowest BCUT2D eigenvalue weighted by Crippen LogP contribution is -2.03. The summed E-state index contributed by atoms with van der Waals surface area (Å²) in [5, 5.41) is 3.60. The van der Waals surface area contributed by atoms with Crippen molar-refractivity contribution in [3.63, 3.8) is 0 Å². The van der Waals surface area contributed by atoms with E-state index in [1.807, 2.05) is 12.1 Å². The number of pyridine rings is 1. The van der Waals surface area contributed by atoms with Gasteiger partial charge < -0.3 is 10.1 Å². The molecule has 5 nitrogen and oxygen atoms in total. The first-order valence-electron chi connectivity index (χ1n) is 5.41. The smallest absolute Gasteiger partial charge is 0.213 e. The number of ether oxygens (including phenoxy) is 1. The number of aryl methyl sites for hydroxylation is 1. The van der Waals surface area contributed by atoms with Crippen molar-refractivity contribution in [3.8, 4) is 5.88 Å². The van der Waals surface area contributed by atoms with Crippen molar-refractivity contribution in [3.05, 3.63) is 40.9 Å². The Balaban J connectivity index is 2.06. The lowest BCUT2D eigenvalue weighted by Gasteiger charge is -2.07. The van der Waals surface area contributed by atoms with E-state index in [1.165, 1.54) is 0 Å². The molecule has 0 aliphatic heterocycles. The molecular formula is C12H13ClN4O. The Hall–Kier alpha value is -1.88. The minimum absolute atomic E-state index is 0.428. The van der Waals surface area contributed by atoms with E-state index in [0.717, 1.165) is 5.56 Å². The van der Waals surface area contributed by atoms with E-state index >= 15 is 0 Å². The van der Waals surface area contributed by atoms with E-state index in [4.69, 9.17) is 16.3 Å². The molecule has 2 aromatic rings. The van der Waals surface area contributed by atoms with Gasteiger partial charge in [0.15, 0.2) is 0 Å². The maximum absolute atomic E-state index is 5.86. The quantitative estimate of drug-likeness (QED) is 0.860. The highest BCUT2D eigenvalue weighted by Gasteiger charge is 2.01. The number of nitrogens with zero attached hydrogens (tertiary/aromatic N) is 3. The Labute approximate surface area is 110 Å². The van der Waals surface area contributed by atoms with E-state index in [1.54, 1.807) is 26.3 Å². The predicted octanol–water partition coefficient (Wildman–Crippen LogP) is 2.45. The van der Waals surface area contributed by atoms with Crippen LogP contribution >= 0.6 is 11.6 Å². The second kappa shape index (κ2) is 5.64. The molecule has 2 aromatic heterocycles. The lowest BCUT2D eigenvalue weighted by molar-refractivity contribution is 0.397. The molecule has 2 heterocycles. The summed E-state index contributed by atoms with van der Waals surface area (Å²) in [5.41, 5.74) is 1.05. The van der Waals surface area contributed by atoms with Crippen LogP contribution in [-0.2, 0) is 6.54 Å². The van der Waals surface area contributed by atoms with Gasteiger partial charge in [-0.25, -0.2) is 15.0 Å². The average molecular weight is 265 g/mol. The molecule has 0 unspecified atom stereocenters. The Kier molecular flexibility index (Phi) is 3.94. The first-order valence-corrected chi connectivity index (χ1v) is 5.79. The fourth-order valence-electron chi connectivity index (χ4n) is 1.49. The summed E-state index contributed by atoms with van der Waals surface area (Å²) >= 11 is 5.86. The number of anilines is 1. The summed E-state index contributed by atoms with van der Waals surface area (Å²) in [4.78, 5) is 12.3. The van der Waals surface area contributed by atoms with Crippen LogP contribution in [0.5, 0.6) is 5.88 Å². The minimum atomic E-state index is 0.428. The lowest BCUT2D eigenvalue weighted by atomic mass is 10.2. The molecule has 0 aliphatic carbocycles. The van der Waals surface area contributed by atoms with Crippen LogP contribution in [0.3, 0.4) is 0 Å². The van der Waals surface area contributed by atoms with Crippen molar-refractivity contribution < 1.29 is 4.74 Å². The first kappa shape index (κ1) is 12.6. The molecule has 0 saturated carbocycles. The summed E-state index contributed by atoms with van der Waals surface area (Å²) in [6.45, 7) is 2.41. The molecule has 0 radical (unpaired) electrons. The van der Waals surface area contributed by atoms with Gasteiger partial charge in [0.2, 0.25) is 5.88 Å². The average Bonchev–Trinajstić information content (AvgIpc) is 2.35. The van der Waals surface area contributed by atoms with Crippen LogP contribution in [0, 0.1) is 6.92 Å². The van der Waals surface area contributed by atoms with Crippen LogP contribution in [0.15, 0.2) is 24.4 Å². The Bertz CT molecular complexity index is 527. The van der Waals surface area contributed by atoms with Crippen molar-refractivity contribution in [2.75, 3.05) is 12.4 Å². The summed E-state index contributed by atoms with van der Waals surface area (Å²) in [6, 6.07) is 5.46. The zero-order chi connectivity index (χ0) is 13.0. The normalized spacial score (nSPS) is 10.2. The third-order valence-corrected chi connectivity index (χ3v) is 2.48. The molecule has 0 atom stereocenters. The number of halogens is 1. The minimum Gasteiger partial charge on any atom is -0.481 e. The molecule has 94 valence electrons. The van der Waals surface area contributed by atoms with Crippen molar-refractivity contribution in [2.45, 2.75) is 13.5 Å². The largest absolute Gasteiger partial charge is 0.481 e. The van der Waals surface area contributed by atoms with E-state index in [9.17, 15) is 0 Å². The molecule has 1 N–H and O–H groups in total. The fourth-order valence-corrected chi connectivity index (χ4v) is 1.71. The molecule has 2 rings (SSSR count). The molecule has 0 amide bonds. The van der Waals surface area contributed by atoms with Gasteiger partial charge in [0.05, 0.1) is 7.11 Å². The highest BCUT2D eigenvalue weighted by Crippen LogP contribution is 2.13. The maximum Gasteiger partial charge on any atom is 0.213 e. The molecule has 0 aliphatic rings. The molecule has 0 aromatic carbocycles. The van der Waals surface area contributed by atoms with Crippen LogP contribution < -0.4 is 10.1 Å². The molecule has 0 bridgehead atoms. The van der Waals surface area contributed by atoms with Gasteiger partial charge in [-0.3, -0.25) is 0 Å². The van der Waals surface area contributed by atoms with Crippen molar-refractivity contribution >= 4 is 17.4 Å². The van der Waals surface area contributed by atoms with E-state index in [2.05, 4.69) is 20.3 Å². The zero-order valence-electron chi connectivity index (χ0n) is 10.1. The number of aromatic nitrogens is 3. The predicted molar refractivity (Wildman–Crippen MR) is 69.9 cm³/mol. The SMILES string of the molecule is COc1cc(CNc2cc(Cl)nc(C)n2)ccn1. The van der Waals surface area contributed by atoms with Crippen molar-refractivity contribution in [2.24, 2.45) is 0 Å². The van der Waals surface area contributed by atoms with E-state index in [-0.39, 0.29) is 0 Å². The van der Waals surface area contributed by atoms with Gasteiger partial charge in [-0.1, -0.05) is 11.6 Å². The topological polar surface area (TPSA) is 59.9 Å². The van der Waals surface area contributed by atoms with E-state index in [0.29, 0.717) is 29.2 Å². The number of hydrogen-bond donors (Lipinski definition) is 1. The summed E-state index contributed by atoms with van der Waals surface area (Å²) in [7, 11) is 1.59. The highest BCUT2D eigenvalue weighted by molar-refractivity contribution is 6.29. The van der Waals surface area contributed by atoms with Gasteiger partial charge in [0.1, 0.15) is 16.8 Å². The summed E-state index contributed by atoms with van der Waals surface area (Å²) in [5.74, 6) is 1.92. The Morgan fingerprint density at radius 1 is 1.33 bits per heavy atom. The Morgan fingerprint density at radius 2 is 2.17 bits per heavy atom.